The Morgan fingerprint density at radius 3 is 2.95 bits per heavy atom. The molecule has 2 amide bonds. The first-order chi connectivity index (χ1) is 10.2. The topological polar surface area (TPSA) is 44.4 Å². The van der Waals surface area contributed by atoms with Gasteiger partial charge in [-0.15, -0.1) is 0 Å². The van der Waals surface area contributed by atoms with Gasteiger partial charge >= 0.3 is 6.03 Å². The molecule has 0 saturated carbocycles. The summed E-state index contributed by atoms with van der Waals surface area (Å²) in [6.07, 6.45) is 4.50. The van der Waals surface area contributed by atoms with Crippen LogP contribution in [0.25, 0.3) is 0 Å². The minimum Gasteiger partial charge on any atom is -0.322 e. The molecule has 0 spiro atoms. The van der Waals surface area contributed by atoms with Crippen molar-refractivity contribution in [2.45, 2.75) is 51.6 Å². The number of likely N-dealkylation sites (tertiary alicyclic amines) is 1. The van der Waals surface area contributed by atoms with E-state index < -0.39 is 0 Å². The molecule has 2 rings (SSSR count). The average molecular weight is 289 g/mol. The van der Waals surface area contributed by atoms with Crippen LogP contribution in [-0.2, 0) is 0 Å². The van der Waals surface area contributed by atoms with Crippen molar-refractivity contribution in [2.75, 3.05) is 18.9 Å². The van der Waals surface area contributed by atoms with Gasteiger partial charge in [0, 0.05) is 24.3 Å². The van der Waals surface area contributed by atoms with E-state index in [-0.39, 0.29) is 12.1 Å². The zero-order valence-electron chi connectivity index (χ0n) is 13.4. The van der Waals surface area contributed by atoms with Gasteiger partial charge in [0.1, 0.15) is 0 Å². The van der Waals surface area contributed by atoms with Crippen molar-refractivity contribution in [3.63, 3.8) is 0 Å². The van der Waals surface area contributed by atoms with Gasteiger partial charge < -0.3 is 15.5 Å². The third-order valence-corrected chi connectivity index (χ3v) is 4.43. The van der Waals surface area contributed by atoms with E-state index >= 15 is 0 Å². The predicted molar refractivity (Wildman–Crippen MR) is 87.6 cm³/mol. The van der Waals surface area contributed by atoms with Crippen molar-refractivity contribution in [1.82, 2.24) is 10.2 Å². The van der Waals surface area contributed by atoms with E-state index in [1.165, 1.54) is 12.0 Å². The summed E-state index contributed by atoms with van der Waals surface area (Å²) >= 11 is 0. The molecule has 1 fully saturated rings. The number of carbonyl (C=O) groups is 1. The summed E-state index contributed by atoms with van der Waals surface area (Å²) in [5.74, 6) is 0. The lowest BCUT2D eigenvalue weighted by atomic mass is 10.0. The highest BCUT2D eigenvalue weighted by Crippen LogP contribution is 2.22. The normalized spacial score (nSPS) is 20.1. The molecule has 116 valence electrons. The van der Waals surface area contributed by atoms with Gasteiger partial charge in [0.15, 0.2) is 0 Å². The maximum atomic E-state index is 12.5. The minimum absolute atomic E-state index is 0.0378. The van der Waals surface area contributed by atoms with Gasteiger partial charge in [0.2, 0.25) is 0 Å². The summed E-state index contributed by atoms with van der Waals surface area (Å²) in [6.45, 7) is 5.14. The molecule has 21 heavy (non-hydrogen) atoms. The van der Waals surface area contributed by atoms with Gasteiger partial charge in [0.05, 0.1) is 0 Å². The monoisotopic (exact) mass is 289 g/mol. The number of urea groups is 1. The van der Waals surface area contributed by atoms with Crippen LogP contribution in [0.1, 0.15) is 51.1 Å². The van der Waals surface area contributed by atoms with E-state index in [1.54, 1.807) is 0 Å². The molecule has 0 radical (unpaired) electrons. The number of hydrogen-bond acceptors (Lipinski definition) is 2. The molecule has 1 aromatic rings. The fourth-order valence-corrected chi connectivity index (χ4v) is 2.94. The molecule has 0 aliphatic carbocycles. The molecule has 4 nitrogen and oxygen atoms in total. The predicted octanol–water partition coefficient (Wildman–Crippen LogP) is 3.76. The van der Waals surface area contributed by atoms with Crippen molar-refractivity contribution >= 4 is 11.7 Å². The van der Waals surface area contributed by atoms with Crippen LogP contribution < -0.4 is 10.6 Å². The lowest BCUT2D eigenvalue weighted by molar-refractivity contribution is 0.160. The minimum atomic E-state index is 0.0378. The first-order valence-electron chi connectivity index (χ1n) is 8.00. The van der Waals surface area contributed by atoms with E-state index in [0.29, 0.717) is 6.04 Å². The van der Waals surface area contributed by atoms with Gasteiger partial charge in [0.25, 0.3) is 0 Å². The molecule has 1 aliphatic rings. The molecular formula is C17H27N3O. The summed E-state index contributed by atoms with van der Waals surface area (Å²) in [7, 11) is 1.94. The van der Waals surface area contributed by atoms with Crippen LogP contribution in [0.4, 0.5) is 10.5 Å². The Labute approximate surface area is 127 Å². The van der Waals surface area contributed by atoms with Gasteiger partial charge in [-0.25, -0.2) is 4.79 Å². The molecule has 4 heteroatoms. The largest absolute Gasteiger partial charge is 0.322 e. The van der Waals surface area contributed by atoms with Crippen LogP contribution >= 0.6 is 0 Å². The van der Waals surface area contributed by atoms with Crippen LogP contribution in [0, 0.1) is 0 Å². The third kappa shape index (κ3) is 3.97. The third-order valence-electron chi connectivity index (χ3n) is 4.43. The van der Waals surface area contributed by atoms with E-state index in [0.717, 1.165) is 31.5 Å². The highest BCUT2D eigenvalue weighted by Gasteiger charge is 2.25. The molecule has 2 unspecified atom stereocenters. The number of rotatable bonds is 4. The fraction of sp³-hybridized carbons (Fsp3) is 0.588. The Bertz CT molecular complexity index is 475. The summed E-state index contributed by atoms with van der Waals surface area (Å²) < 4.78 is 0. The van der Waals surface area contributed by atoms with Crippen molar-refractivity contribution in [3.05, 3.63) is 29.8 Å². The summed E-state index contributed by atoms with van der Waals surface area (Å²) in [5, 5.41) is 6.27. The molecule has 0 aromatic heterocycles. The van der Waals surface area contributed by atoms with Crippen molar-refractivity contribution in [2.24, 2.45) is 0 Å². The molecule has 1 saturated heterocycles. The van der Waals surface area contributed by atoms with Gasteiger partial charge in [-0.05, 0) is 57.4 Å². The van der Waals surface area contributed by atoms with E-state index in [9.17, 15) is 4.79 Å². The number of nitrogens with one attached hydrogen (secondary N) is 2. The van der Waals surface area contributed by atoms with Crippen LogP contribution in [0.15, 0.2) is 24.3 Å². The number of amides is 2. The smallest absolute Gasteiger partial charge is 0.322 e. The van der Waals surface area contributed by atoms with Crippen molar-refractivity contribution in [1.29, 1.82) is 0 Å². The maximum Gasteiger partial charge on any atom is 0.322 e. The quantitative estimate of drug-likeness (QED) is 0.886. The number of benzene rings is 1. The number of anilines is 1. The Morgan fingerprint density at radius 1 is 1.43 bits per heavy atom. The SMILES string of the molecule is CCC1CCCCN1C(=O)Nc1cccc(C(C)NC)c1. The molecule has 2 N–H and O–H groups in total. The maximum absolute atomic E-state index is 12.5. The van der Waals surface area contributed by atoms with Crippen LogP contribution in [-0.4, -0.2) is 30.6 Å². The summed E-state index contributed by atoms with van der Waals surface area (Å²) in [4.78, 5) is 14.5. The van der Waals surface area contributed by atoms with Crippen molar-refractivity contribution in [3.8, 4) is 0 Å². The Morgan fingerprint density at radius 2 is 2.24 bits per heavy atom. The molecular weight excluding hydrogens is 262 g/mol. The van der Waals surface area contributed by atoms with Gasteiger partial charge in [-0.1, -0.05) is 19.1 Å². The van der Waals surface area contributed by atoms with Crippen molar-refractivity contribution < 1.29 is 4.79 Å². The number of carbonyl (C=O) groups excluding carboxylic acids is 1. The first-order valence-corrected chi connectivity index (χ1v) is 8.00. The molecule has 1 heterocycles. The standard InChI is InChI=1S/C17H27N3O/c1-4-16-10-5-6-11-20(16)17(21)19-15-9-7-8-14(12-15)13(2)18-3/h7-9,12-13,16,18H,4-6,10-11H2,1-3H3,(H,19,21). The Balaban J connectivity index is 2.05. The van der Waals surface area contributed by atoms with Crippen LogP contribution in [0.5, 0.6) is 0 Å². The Hall–Kier alpha value is -1.55. The average Bonchev–Trinajstić information content (AvgIpc) is 2.54. The summed E-state index contributed by atoms with van der Waals surface area (Å²) in [5.41, 5.74) is 2.06. The zero-order valence-corrected chi connectivity index (χ0v) is 13.4. The zero-order chi connectivity index (χ0) is 15.2. The fourth-order valence-electron chi connectivity index (χ4n) is 2.94. The van der Waals surface area contributed by atoms with Crippen LogP contribution in [0.2, 0.25) is 0 Å². The molecule has 1 aliphatic heterocycles. The second-order valence-electron chi connectivity index (χ2n) is 5.82. The number of hydrogen-bond donors (Lipinski definition) is 2. The van der Waals surface area contributed by atoms with E-state index in [4.69, 9.17) is 0 Å². The molecule has 0 bridgehead atoms. The highest BCUT2D eigenvalue weighted by molar-refractivity contribution is 5.89. The molecule has 1 aromatic carbocycles. The Kier molecular flexibility index (Phi) is 5.62. The lowest BCUT2D eigenvalue weighted by Gasteiger charge is -2.35. The second-order valence-corrected chi connectivity index (χ2v) is 5.82. The van der Waals surface area contributed by atoms with E-state index in [2.05, 4.69) is 30.5 Å². The lowest BCUT2D eigenvalue weighted by Crippen LogP contribution is -2.45. The number of nitrogens with zero attached hydrogens (tertiary/aromatic N) is 1. The van der Waals surface area contributed by atoms with E-state index in [1.807, 2.05) is 30.1 Å². The molecule has 2 atom stereocenters. The second kappa shape index (κ2) is 7.46. The van der Waals surface area contributed by atoms with Gasteiger partial charge in [-0.2, -0.15) is 0 Å². The number of piperidine rings is 1. The first kappa shape index (κ1) is 15.8. The summed E-state index contributed by atoms with van der Waals surface area (Å²) in [6, 6.07) is 8.77. The van der Waals surface area contributed by atoms with Gasteiger partial charge in [-0.3, -0.25) is 0 Å². The van der Waals surface area contributed by atoms with Crippen LogP contribution in [0.3, 0.4) is 0 Å². The highest BCUT2D eigenvalue weighted by atomic mass is 16.2.